The summed E-state index contributed by atoms with van der Waals surface area (Å²) in [4.78, 5) is 0. The van der Waals surface area contributed by atoms with E-state index in [9.17, 15) is 5.11 Å². The fraction of sp³-hybridized carbons (Fsp3) is 0.667. The molecule has 0 saturated heterocycles. The Morgan fingerprint density at radius 1 is 1.15 bits per heavy atom. The Hall–Kier alpha value is -0.860. The molecule has 0 aliphatic heterocycles. The van der Waals surface area contributed by atoms with Crippen molar-refractivity contribution in [2.24, 2.45) is 5.92 Å². The molecule has 2 N–H and O–H groups in total. The lowest BCUT2D eigenvalue weighted by atomic mass is 9.86. The lowest BCUT2D eigenvalue weighted by Crippen LogP contribution is -2.34. The van der Waals surface area contributed by atoms with Crippen molar-refractivity contribution < 1.29 is 5.11 Å². The van der Waals surface area contributed by atoms with Gasteiger partial charge in [0.25, 0.3) is 0 Å². The first-order valence-electron chi connectivity index (χ1n) is 8.27. The molecule has 0 radical (unpaired) electrons. The van der Waals surface area contributed by atoms with Crippen LogP contribution in [0, 0.1) is 5.92 Å². The Bertz CT molecular complexity index is 457. The van der Waals surface area contributed by atoms with Crippen LogP contribution < -0.4 is 5.32 Å². The van der Waals surface area contributed by atoms with Gasteiger partial charge in [0.15, 0.2) is 0 Å². The topological polar surface area (TPSA) is 32.3 Å². The molecule has 3 unspecified atom stereocenters. The van der Waals surface area contributed by atoms with Gasteiger partial charge in [0.05, 0.1) is 6.10 Å². The SMILES string of the molecule is CC(NCC1CCCCC1O)c1ccc2c(c1)CCC2. The molecule has 2 nitrogen and oxygen atoms in total. The van der Waals surface area contributed by atoms with E-state index in [1.54, 1.807) is 11.1 Å². The van der Waals surface area contributed by atoms with Gasteiger partial charge in [-0.15, -0.1) is 0 Å². The van der Waals surface area contributed by atoms with Crippen molar-refractivity contribution >= 4 is 0 Å². The highest BCUT2D eigenvalue weighted by Crippen LogP contribution is 2.27. The molecule has 110 valence electrons. The van der Waals surface area contributed by atoms with Gasteiger partial charge in [-0.25, -0.2) is 0 Å². The third-order valence-corrected chi connectivity index (χ3v) is 5.18. The Morgan fingerprint density at radius 2 is 1.95 bits per heavy atom. The second-order valence-electron chi connectivity index (χ2n) is 6.62. The largest absolute Gasteiger partial charge is 0.393 e. The average Bonchev–Trinajstić information content (AvgIpc) is 2.93. The molecule has 3 rings (SSSR count). The van der Waals surface area contributed by atoms with E-state index in [1.165, 1.54) is 44.1 Å². The molecule has 1 saturated carbocycles. The van der Waals surface area contributed by atoms with E-state index in [4.69, 9.17) is 0 Å². The molecular formula is C18H27NO. The number of aliphatic hydroxyl groups is 1. The first-order valence-corrected chi connectivity index (χ1v) is 8.27. The molecule has 1 aromatic carbocycles. The fourth-order valence-electron chi connectivity index (χ4n) is 3.73. The molecule has 2 aliphatic rings. The highest BCUT2D eigenvalue weighted by Gasteiger charge is 2.23. The minimum atomic E-state index is -0.0940. The van der Waals surface area contributed by atoms with Gasteiger partial charge in [-0.05, 0) is 61.6 Å². The minimum absolute atomic E-state index is 0.0940. The third kappa shape index (κ3) is 3.07. The second kappa shape index (κ2) is 6.28. The van der Waals surface area contributed by atoms with Gasteiger partial charge in [0.1, 0.15) is 0 Å². The Labute approximate surface area is 122 Å². The minimum Gasteiger partial charge on any atom is -0.393 e. The van der Waals surface area contributed by atoms with Crippen LogP contribution in [0.5, 0.6) is 0 Å². The van der Waals surface area contributed by atoms with Crippen molar-refractivity contribution in [3.05, 3.63) is 34.9 Å². The Kier molecular flexibility index (Phi) is 4.42. The van der Waals surface area contributed by atoms with Crippen LogP contribution in [0.25, 0.3) is 0 Å². The smallest absolute Gasteiger partial charge is 0.0580 e. The predicted octanol–water partition coefficient (Wildman–Crippen LogP) is 3.38. The van der Waals surface area contributed by atoms with E-state index in [-0.39, 0.29) is 6.10 Å². The summed E-state index contributed by atoms with van der Waals surface area (Å²) in [5, 5.41) is 13.7. The van der Waals surface area contributed by atoms with Gasteiger partial charge >= 0.3 is 0 Å². The van der Waals surface area contributed by atoms with E-state index < -0.39 is 0 Å². The fourth-order valence-corrected chi connectivity index (χ4v) is 3.73. The first kappa shape index (κ1) is 14.1. The summed E-state index contributed by atoms with van der Waals surface area (Å²) < 4.78 is 0. The Morgan fingerprint density at radius 3 is 2.80 bits per heavy atom. The average molecular weight is 273 g/mol. The van der Waals surface area contributed by atoms with Gasteiger partial charge < -0.3 is 10.4 Å². The second-order valence-corrected chi connectivity index (χ2v) is 6.62. The third-order valence-electron chi connectivity index (χ3n) is 5.18. The molecule has 0 heterocycles. The zero-order valence-electron chi connectivity index (χ0n) is 12.6. The molecule has 2 aliphatic carbocycles. The van der Waals surface area contributed by atoms with E-state index in [0.29, 0.717) is 12.0 Å². The summed E-state index contributed by atoms with van der Waals surface area (Å²) in [6.07, 6.45) is 8.35. The van der Waals surface area contributed by atoms with Crippen LogP contribution in [0.3, 0.4) is 0 Å². The number of fused-ring (bicyclic) bond motifs is 1. The van der Waals surface area contributed by atoms with Crippen LogP contribution in [-0.4, -0.2) is 17.8 Å². The predicted molar refractivity (Wildman–Crippen MR) is 82.8 cm³/mol. The van der Waals surface area contributed by atoms with Gasteiger partial charge in [0, 0.05) is 12.6 Å². The summed E-state index contributed by atoms with van der Waals surface area (Å²) in [6, 6.07) is 7.36. The van der Waals surface area contributed by atoms with Gasteiger partial charge in [-0.1, -0.05) is 31.0 Å². The van der Waals surface area contributed by atoms with Crippen LogP contribution in [0.1, 0.15) is 61.8 Å². The molecule has 2 heteroatoms. The summed E-state index contributed by atoms with van der Waals surface area (Å²) in [6.45, 7) is 3.19. The molecular weight excluding hydrogens is 246 g/mol. The number of aliphatic hydroxyl groups excluding tert-OH is 1. The standard InChI is InChI=1S/C18H27NO/c1-13(19-12-17-5-2-3-8-18(17)20)15-10-9-14-6-4-7-16(14)11-15/h9-11,13,17-20H,2-8,12H2,1H3. The molecule has 1 aromatic rings. The van der Waals surface area contributed by atoms with Crippen molar-refractivity contribution in [3.63, 3.8) is 0 Å². The maximum atomic E-state index is 10.0. The van der Waals surface area contributed by atoms with E-state index in [0.717, 1.165) is 13.0 Å². The number of aryl methyl sites for hydroxylation is 2. The van der Waals surface area contributed by atoms with Crippen LogP contribution in [0.4, 0.5) is 0 Å². The zero-order chi connectivity index (χ0) is 13.9. The Balaban J connectivity index is 1.57. The van der Waals surface area contributed by atoms with Crippen molar-refractivity contribution in [2.45, 2.75) is 64.0 Å². The highest BCUT2D eigenvalue weighted by atomic mass is 16.3. The molecule has 0 amide bonds. The zero-order valence-corrected chi connectivity index (χ0v) is 12.6. The quantitative estimate of drug-likeness (QED) is 0.881. The number of nitrogens with one attached hydrogen (secondary N) is 1. The summed E-state index contributed by atoms with van der Waals surface area (Å²) in [7, 11) is 0. The molecule has 20 heavy (non-hydrogen) atoms. The maximum Gasteiger partial charge on any atom is 0.0580 e. The molecule has 1 fully saturated rings. The number of hydrogen-bond donors (Lipinski definition) is 2. The van der Waals surface area contributed by atoms with E-state index >= 15 is 0 Å². The number of rotatable bonds is 4. The van der Waals surface area contributed by atoms with Gasteiger partial charge in [-0.2, -0.15) is 0 Å². The van der Waals surface area contributed by atoms with Crippen LogP contribution in [-0.2, 0) is 12.8 Å². The maximum absolute atomic E-state index is 10.0. The molecule has 3 atom stereocenters. The number of hydrogen-bond acceptors (Lipinski definition) is 2. The van der Waals surface area contributed by atoms with E-state index in [1.807, 2.05) is 0 Å². The lowest BCUT2D eigenvalue weighted by Gasteiger charge is -2.29. The number of benzene rings is 1. The molecule has 0 aromatic heterocycles. The summed E-state index contributed by atoms with van der Waals surface area (Å²) >= 11 is 0. The van der Waals surface area contributed by atoms with Crippen LogP contribution in [0.15, 0.2) is 18.2 Å². The van der Waals surface area contributed by atoms with Crippen molar-refractivity contribution in [2.75, 3.05) is 6.54 Å². The normalized spacial score (nSPS) is 27.3. The van der Waals surface area contributed by atoms with Crippen molar-refractivity contribution in [1.82, 2.24) is 5.32 Å². The van der Waals surface area contributed by atoms with Crippen LogP contribution >= 0.6 is 0 Å². The lowest BCUT2D eigenvalue weighted by molar-refractivity contribution is 0.0684. The summed E-state index contributed by atoms with van der Waals surface area (Å²) in [5.74, 6) is 0.445. The molecule has 0 bridgehead atoms. The first-order chi connectivity index (χ1) is 9.74. The molecule has 0 spiro atoms. The monoisotopic (exact) mass is 273 g/mol. The van der Waals surface area contributed by atoms with Crippen molar-refractivity contribution in [3.8, 4) is 0 Å². The highest BCUT2D eigenvalue weighted by molar-refractivity contribution is 5.36. The van der Waals surface area contributed by atoms with Crippen LogP contribution in [0.2, 0.25) is 0 Å². The van der Waals surface area contributed by atoms with Gasteiger partial charge in [0.2, 0.25) is 0 Å². The van der Waals surface area contributed by atoms with Crippen molar-refractivity contribution in [1.29, 1.82) is 0 Å². The van der Waals surface area contributed by atoms with E-state index in [2.05, 4.69) is 30.4 Å². The summed E-state index contributed by atoms with van der Waals surface area (Å²) in [5.41, 5.74) is 4.49. The van der Waals surface area contributed by atoms with Gasteiger partial charge in [-0.3, -0.25) is 0 Å².